The highest BCUT2D eigenvalue weighted by molar-refractivity contribution is 6.42. The number of esters is 1. The van der Waals surface area contributed by atoms with Gasteiger partial charge in [-0.1, -0.05) is 59.6 Å². The van der Waals surface area contributed by atoms with Crippen LogP contribution in [0.5, 0.6) is 5.75 Å². The summed E-state index contributed by atoms with van der Waals surface area (Å²) in [5.41, 5.74) is 1.45. The summed E-state index contributed by atoms with van der Waals surface area (Å²) in [4.78, 5) is 14.5. The second kappa shape index (κ2) is 10.6. The highest BCUT2D eigenvalue weighted by Crippen LogP contribution is 2.37. The summed E-state index contributed by atoms with van der Waals surface area (Å²) in [5, 5.41) is 1.06. The molecule has 0 spiro atoms. The van der Waals surface area contributed by atoms with Gasteiger partial charge in [0.2, 0.25) is 0 Å². The van der Waals surface area contributed by atoms with Crippen molar-refractivity contribution < 1.29 is 18.7 Å². The Morgan fingerprint density at radius 2 is 1.71 bits per heavy atom. The Kier molecular flexibility index (Phi) is 7.70. The van der Waals surface area contributed by atoms with Crippen molar-refractivity contribution in [1.82, 2.24) is 4.90 Å². The van der Waals surface area contributed by atoms with Gasteiger partial charge in [-0.25, -0.2) is 9.18 Å². The van der Waals surface area contributed by atoms with Crippen LogP contribution in [0.1, 0.15) is 48.3 Å². The minimum atomic E-state index is -0.691. The van der Waals surface area contributed by atoms with E-state index < -0.39 is 17.4 Å². The summed E-state index contributed by atoms with van der Waals surface area (Å²) >= 11 is 12.4. The van der Waals surface area contributed by atoms with Gasteiger partial charge < -0.3 is 9.47 Å². The number of hydrogen-bond acceptors (Lipinski definition) is 4. The van der Waals surface area contributed by atoms with E-state index in [0.717, 1.165) is 18.7 Å². The average molecular weight is 516 g/mol. The van der Waals surface area contributed by atoms with E-state index in [1.54, 1.807) is 26.8 Å². The van der Waals surface area contributed by atoms with Gasteiger partial charge in [-0.3, -0.25) is 4.90 Å². The van der Waals surface area contributed by atoms with E-state index in [9.17, 15) is 9.18 Å². The monoisotopic (exact) mass is 515 g/mol. The molecule has 3 aromatic rings. The zero-order valence-corrected chi connectivity index (χ0v) is 21.4. The molecule has 1 heterocycles. The van der Waals surface area contributed by atoms with Crippen LogP contribution in [-0.2, 0) is 4.74 Å². The van der Waals surface area contributed by atoms with E-state index in [0.29, 0.717) is 22.4 Å². The number of halogens is 3. The first-order valence-electron chi connectivity index (χ1n) is 11.5. The van der Waals surface area contributed by atoms with Crippen LogP contribution in [0.2, 0.25) is 10.0 Å². The summed E-state index contributed by atoms with van der Waals surface area (Å²) in [5.74, 6) is -0.670. The molecule has 4 nitrogen and oxygen atoms in total. The lowest BCUT2D eigenvalue weighted by Gasteiger charge is -2.44. The van der Waals surface area contributed by atoms with E-state index in [2.05, 4.69) is 17.0 Å². The molecule has 1 unspecified atom stereocenters. The zero-order valence-electron chi connectivity index (χ0n) is 19.9. The molecule has 184 valence electrons. The highest BCUT2D eigenvalue weighted by atomic mass is 35.5. The molecule has 1 fully saturated rings. The largest absolute Gasteiger partial charge is 0.493 e. The van der Waals surface area contributed by atoms with E-state index >= 15 is 0 Å². The van der Waals surface area contributed by atoms with Crippen LogP contribution in [0.25, 0.3) is 0 Å². The fourth-order valence-corrected chi connectivity index (χ4v) is 4.46. The maximum absolute atomic E-state index is 14.5. The predicted molar refractivity (Wildman–Crippen MR) is 137 cm³/mol. The van der Waals surface area contributed by atoms with Gasteiger partial charge in [0.1, 0.15) is 17.2 Å². The van der Waals surface area contributed by atoms with Crippen LogP contribution >= 0.6 is 23.2 Å². The minimum Gasteiger partial charge on any atom is -0.493 e. The van der Waals surface area contributed by atoms with Crippen molar-refractivity contribution in [1.29, 1.82) is 0 Å². The molecule has 1 saturated heterocycles. The Morgan fingerprint density at radius 1 is 1.00 bits per heavy atom. The van der Waals surface area contributed by atoms with Crippen molar-refractivity contribution in [2.24, 2.45) is 5.92 Å². The normalized spacial score (nSPS) is 15.4. The lowest BCUT2D eigenvalue weighted by molar-refractivity contribution is 0.00645. The first-order chi connectivity index (χ1) is 16.6. The molecule has 1 aliphatic rings. The molecule has 0 bridgehead atoms. The molecule has 0 radical (unpaired) electrons. The van der Waals surface area contributed by atoms with Crippen LogP contribution in [0.4, 0.5) is 4.39 Å². The maximum atomic E-state index is 14.5. The fourth-order valence-electron chi connectivity index (χ4n) is 4.16. The maximum Gasteiger partial charge on any atom is 0.341 e. The molecule has 4 rings (SSSR count). The number of benzene rings is 3. The lowest BCUT2D eigenvalue weighted by Crippen LogP contribution is -2.50. The SMILES string of the molecule is CC(C)(C)OC(=O)c1ccc(OCC2CN(C(c3ccccc3)c3ccc(Cl)c(Cl)c3)C2)cc1F. The molecule has 1 aliphatic heterocycles. The minimum absolute atomic E-state index is 0.0489. The Balaban J connectivity index is 1.38. The Bertz CT molecular complexity index is 1190. The number of carbonyl (C=O) groups excluding carboxylic acids is 1. The van der Waals surface area contributed by atoms with Crippen LogP contribution in [0.15, 0.2) is 66.7 Å². The molecule has 1 atom stereocenters. The summed E-state index contributed by atoms with van der Waals surface area (Å²) in [6.45, 7) is 7.31. The predicted octanol–water partition coefficient (Wildman–Crippen LogP) is 7.19. The lowest BCUT2D eigenvalue weighted by atomic mass is 9.90. The van der Waals surface area contributed by atoms with Crippen molar-refractivity contribution >= 4 is 29.2 Å². The zero-order chi connectivity index (χ0) is 25.2. The van der Waals surface area contributed by atoms with Crippen LogP contribution in [0, 0.1) is 11.7 Å². The molecular weight excluding hydrogens is 488 g/mol. The van der Waals surface area contributed by atoms with E-state index in [4.69, 9.17) is 32.7 Å². The molecule has 7 heteroatoms. The van der Waals surface area contributed by atoms with E-state index in [1.165, 1.54) is 17.7 Å². The summed E-state index contributed by atoms with van der Waals surface area (Å²) in [6, 6.07) is 20.3. The average Bonchev–Trinajstić information content (AvgIpc) is 2.76. The number of rotatable bonds is 7. The van der Waals surface area contributed by atoms with Gasteiger partial charge in [0, 0.05) is 25.1 Å². The van der Waals surface area contributed by atoms with Gasteiger partial charge in [-0.05, 0) is 56.2 Å². The van der Waals surface area contributed by atoms with Gasteiger partial charge >= 0.3 is 5.97 Å². The van der Waals surface area contributed by atoms with E-state index in [-0.39, 0.29) is 17.5 Å². The van der Waals surface area contributed by atoms with Gasteiger partial charge in [-0.2, -0.15) is 0 Å². The van der Waals surface area contributed by atoms with Gasteiger partial charge in [0.05, 0.1) is 28.3 Å². The molecular formula is C28H28Cl2FNO3. The topological polar surface area (TPSA) is 38.8 Å². The molecule has 0 aliphatic carbocycles. The number of hydrogen-bond donors (Lipinski definition) is 0. The van der Waals surface area contributed by atoms with Gasteiger partial charge in [-0.15, -0.1) is 0 Å². The first kappa shape index (κ1) is 25.5. The first-order valence-corrected chi connectivity index (χ1v) is 12.3. The second-order valence-corrected chi connectivity index (χ2v) is 10.6. The number of ether oxygens (including phenoxy) is 2. The van der Waals surface area contributed by atoms with Crippen molar-refractivity contribution in [2.75, 3.05) is 19.7 Å². The third-order valence-electron chi connectivity index (χ3n) is 5.77. The fraction of sp³-hybridized carbons (Fsp3) is 0.321. The summed E-state index contributed by atoms with van der Waals surface area (Å²) < 4.78 is 25.6. The van der Waals surface area contributed by atoms with Crippen molar-refractivity contribution in [3.8, 4) is 5.75 Å². The van der Waals surface area contributed by atoms with Crippen molar-refractivity contribution in [2.45, 2.75) is 32.4 Å². The Morgan fingerprint density at radius 3 is 2.34 bits per heavy atom. The number of carbonyl (C=O) groups is 1. The molecule has 0 aromatic heterocycles. The molecule has 3 aromatic carbocycles. The second-order valence-electron chi connectivity index (χ2n) is 9.76. The third kappa shape index (κ3) is 6.35. The van der Waals surface area contributed by atoms with Crippen LogP contribution in [-0.4, -0.2) is 36.2 Å². The molecule has 0 saturated carbocycles. The van der Waals surface area contributed by atoms with Gasteiger partial charge in [0.15, 0.2) is 0 Å². The summed E-state index contributed by atoms with van der Waals surface area (Å²) in [7, 11) is 0. The van der Waals surface area contributed by atoms with Crippen LogP contribution < -0.4 is 4.74 Å². The van der Waals surface area contributed by atoms with Crippen LogP contribution in [0.3, 0.4) is 0 Å². The standard InChI is InChI=1S/C28H28Cl2FNO3/c1-28(2,3)35-27(33)22-11-10-21(14-25(22)31)34-17-18-15-32(16-18)26(19-7-5-4-6-8-19)20-9-12-23(29)24(30)13-20/h4-14,18,26H,15-17H2,1-3H3. The molecule has 35 heavy (non-hydrogen) atoms. The molecule has 0 amide bonds. The highest BCUT2D eigenvalue weighted by Gasteiger charge is 2.34. The van der Waals surface area contributed by atoms with Gasteiger partial charge in [0.25, 0.3) is 0 Å². The third-order valence-corrected chi connectivity index (χ3v) is 6.51. The van der Waals surface area contributed by atoms with E-state index in [1.807, 2.05) is 36.4 Å². The van der Waals surface area contributed by atoms with Crippen molar-refractivity contribution in [3.63, 3.8) is 0 Å². The Labute approximate surface area is 215 Å². The summed E-state index contributed by atoms with van der Waals surface area (Å²) in [6.07, 6.45) is 0. The number of nitrogens with zero attached hydrogens (tertiary/aromatic N) is 1. The Hall–Kier alpha value is -2.60. The molecule has 0 N–H and O–H groups in total. The van der Waals surface area contributed by atoms with Crippen molar-refractivity contribution in [3.05, 3.63) is 99.3 Å². The number of likely N-dealkylation sites (tertiary alicyclic amines) is 1. The quantitative estimate of drug-likeness (QED) is 0.312. The smallest absolute Gasteiger partial charge is 0.341 e.